The highest BCUT2D eigenvalue weighted by atomic mass is 35.7. The van der Waals surface area contributed by atoms with Crippen molar-refractivity contribution in [3.63, 3.8) is 0 Å². The molecule has 1 aromatic rings. The Labute approximate surface area is 134 Å². The van der Waals surface area contributed by atoms with Gasteiger partial charge in [0.2, 0.25) is 0 Å². The predicted molar refractivity (Wildman–Crippen MR) is 82.7 cm³/mol. The number of hydrogen-bond acceptors (Lipinski definition) is 4. The number of likely N-dealkylation sites (N-methyl/N-ethyl adjacent to an activating group) is 1. The number of hydrogen-bond donors (Lipinski definition) is 0. The molecule has 0 N–H and O–H groups in total. The Morgan fingerprint density at radius 3 is 2.48 bits per heavy atom. The van der Waals surface area contributed by atoms with Crippen LogP contribution in [0.5, 0.6) is 0 Å². The predicted octanol–water partition coefficient (Wildman–Crippen LogP) is 2.68. The number of carbonyl (C=O) groups is 1. The molecule has 0 saturated heterocycles. The topological polar surface area (TPSA) is 63.7 Å². The van der Waals surface area contributed by atoms with E-state index < -0.39 is 9.05 Å². The third-order valence-electron chi connectivity index (χ3n) is 2.97. The van der Waals surface area contributed by atoms with E-state index in [1.165, 1.54) is 6.07 Å². The molecule has 5 nitrogen and oxygen atoms in total. The van der Waals surface area contributed by atoms with Crippen LogP contribution < -0.4 is 0 Å². The Bertz CT molecular complexity index is 631. The Balaban J connectivity index is 3.25. The molecule has 0 bridgehead atoms. The minimum Gasteiger partial charge on any atom is -0.383 e. The second-order valence-electron chi connectivity index (χ2n) is 4.42. The first kappa shape index (κ1) is 18.2. The van der Waals surface area contributed by atoms with E-state index in [1.54, 1.807) is 25.0 Å². The molecule has 0 fully saturated rings. The van der Waals surface area contributed by atoms with Gasteiger partial charge in [0, 0.05) is 36.4 Å². The summed E-state index contributed by atoms with van der Waals surface area (Å²) in [5.74, 6) is -0.295. The summed E-state index contributed by atoms with van der Waals surface area (Å²) < 4.78 is 28.0. The number of methoxy groups -OCH3 is 1. The van der Waals surface area contributed by atoms with Gasteiger partial charge in [0.15, 0.2) is 0 Å². The summed E-state index contributed by atoms with van der Waals surface area (Å²) in [4.78, 5) is 13.7. The molecule has 0 atom stereocenters. The van der Waals surface area contributed by atoms with Gasteiger partial charge in [-0.15, -0.1) is 0 Å². The van der Waals surface area contributed by atoms with Crippen LogP contribution in [-0.2, 0) is 13.8 Å². The molecule has 0 radical (unpaired) electrons. The number of aryl methyl sites for hydroxylation is 1. The van der Waals surface area contributed by atoms with Crippen LogP contribution in [0.2, 0.25) is 5.02 Å². The van der Waals surface area contributed by atoms with Crippen molar-refractivity contribution >= 4 is 37.2 Å². The second kappa shape index (κ2) is 7.45. The summed E-state index contributed by atoms with van der Waals surface area (Å²) >= 11 is 5.94. The smallest absolute Gasteiger partial charge is 0.262 e. The Morgan fingerprint density at radius 1 is 1.38 bits per heavy atom. The Hall–Kier alpha value is -0.820. The number of ether oxygens (including phenoxy) is 1. The van der Waals surface area contributed by atoms with E-state index in [0.29, 0.717) is 25.3 Å². The van der Waals surface area contributed by atoms with Crippen molar-refractivity contribution in [2.75, 3.05) is 26.8 Å². The summed E-state index contributed by atoms with van der Waals surface area (Å²) in [7, 11) is 2.88. The van der Waals surface area contributed by atoms with Gasteiger partial charge in [-0.3, -0.25) is 4.79 Å². The third kappa shape index (κ3) is 4.57. The molecule has 1 amide bonds. The molecule has 1 aromatic carbocycles. The molecule has 0 aliphatic heterocycles. The van der Waals surface area contributed by atoms with E-state index in [2.05, 4.69) is 0 Å². The molecular weight excluding hydrogens is 337 g/mol. The van der Waals surface area contributed by atoms with E-state index >= 15 is 0 Å². The zero-order chi connectivity index (χ0) is 16.2. The van der Waals surface area contributed by atoms with Crippen LogP contribution >= 0.6 is 22.3 Å². The lowest BCUT2D eigenvalue weighted by molar-refractivity contribution is 0.0706. The second-order valence-corrected chi connectivity index (χ2v) is 7.33. The maximum atomic E-state index is 12.4. The van der Waals surface area contributed by atoms with Gasteiger partial charge in [0.1, 0.15) is 4.90 Å². The van der Waals surface area contributed by atoms with Gasteiger partial charge in [-0.1, -0.05) is 11.6 Å². The van der Waals surface area contributed by atoms with Crippen LogP contribution in [0.1, 0.15) is 22.8 Å². The summed E-state index contributed by atoms with van der Waals surface area (Å²) in [5.41, 5.74) is 0.707. The number of amides is 1. The van der Waals surface area contributed by atoms with Crippen LogP contribution in [0.15, 0.2) is 17.0 Å². The Morgan fingerprint density at radius 2 is 2.00 bits per heavy atom. The lowest BCUT2D eigenvalue weighted by Crippen LogP contribution is -2.33. The van der Waals surface area contributed by atoms with Crippen LogP contribution in [-0.4, -0.2) is 46.0 Å². The lowest BCUT2D eigenvalue weighted by Gasteiger charge is -2.21. The summed E-state index contributed by atoms with van der Waals surface area (Å²) in [5, 5.41) is 0.0292. The van der Waals surface area contributed by atoms with Gasteiger partial charge < -0.3 is 9.64 Å². The SMILES string of the molecule is CCN(CCOC)C(=O)c1cc(C)c(Cl)c(S(=O)(=O)Cl)c1. The third-order valence-corrected chi connectivity index (χ3v) is 4.92. The maximum absolute atomic E-state index is 12.4. The molecule has 0 saturated carbocycles. The van der Waals surface area contributed by atoms with Crippen molar-refractivity contribution in [2.24, 2.45) is 0 Å². The first-order chi connectivity index (χ1) is 9.72. The average molecular weight is 354 g/mol. The van der Waals surface area contributed by atoms with Gasteiger partial charge in [-0.05, 0) is 31.5 Å². The lowest BCUT2D eigenvalue weighted by atomic mass is 10.1. The molecule has 0 aliphatic rings. The number of halogens is 2. The highest BCUT2D eigenvalue weighted by Crippen LogP contribution is 2.29. The zero-order valence-corrected chi connectivity index (χ0v) is 14.3. The fourth-order valence-electron chi connectivity index (χ4n) is 1.83. The fraction of sp³-hybridized carbons (Fsp3) is 0.462. The van der Waals surface area contributed by atoms with E-state index in [0.717, 1.165) is 0 Å². The average Bonchev–Trinajstić information content (AvgIpc) is 2.40. The van der Waals surface area contributed by atoms with Gasteiger partial charge in [-0.25, -0.2) is 8.42 Å². The normalized spacial score (nSPS) is 11.5. The van der Waals surface area contributed by atoms with Crippen LogP contribution in [0.3, 0.4) is 0 Å². The van der Waals surface area contributed by atoms with Gasteiger partial charge in [0.25, 0.3) is 15.0 Å². The van der Waals surface area contributed by atoms with E-state index in [4.69, 9.17) is 27.0 Å². The molecule has 0 aromatic heterocycles. The number of benzene rings is 1. The van der Waals surface area contributed by atoms with Crippen LogP contribution in [0.25, 0.3) is 0 Å². The molecule has 118 valence electrons. The van der Waals surface area contributed by atoms with Gasteiger partial charge >= 0.3 is 0 Å². The maximum Gasteiger partial charge on any atom is 0.262 e. The van der Waals surface area contributed by atoms with E-state index in [9.17, 15) is 13.2 Å². The van der Waals surface area contributed by atoms with Gasteiger partial charge in [-0.2, -0.15) is 0 Å². The highest BCUT2D eigenvalue weighted by Gasteiger charge is 2.22. The van der Waals surface area contributed by atoms with Crippen molar-refractivity contribution in [3.8, 4) is 0 Å². The van der Waals surface area contributed by atoms with Crippen molar-refractivity contribution < 1.29 is 17.9 Å². The molecule has 0 unspecified atom stereocenters. The molecule has 1 rings (SSSR count). The van der Waals surface area contributed by atoms with Crippen molar-refractivity contribution in [1.29, 1.82) is 0 Å². The standard InChI is InChI=1S/C13H17Cl2NO4S/c1-4-16(5-6-20-3)13(17)10-7-9(2)12(14)11(8-10)21(15,18)19/h7-8H,4-6H2,1-3H3. The van der Waals surface area contributed by atoms with Crippen molar-refractivity contribution in [3.05, 3.63) is 28.3 Å². The Kier molecular flexibility index (Phi) is 6.46. The largest absolute Gasteiger partial charge is 0.383 e. The van der Waals surface area contributed by atoms with E-state index in [-0.39, 0.29) is 21.4 Å². The van der Waals surface area contributed by atoms with Crippen molar-refractivity contribution in [1.82, 2.24) is 4.90 Å². The fourth-order valence-corrected chi connectivity index (χ4v) is 3.37. The van der Waals surface area contributed by atoms with E-state index in [1.807, 2.05) is 6.92 Å². The molecular formula is C13H17Cl2NO4S. The highest BCUT2D eigenvalue weighted by molar-refractivity contribution is 8.13. The molecule has 0 heterocycles. The minimum absolute atomic E-state index is 0.0292. The molecule has 0 aliphatic carbocycles. The summed E-state index contributed by atoms with van der Waals surface area (Å²) in [6.07, 6.45) is 0. The molecule has 21 heavy (non-hydrogen) atoms. The minimum atomic E-state index is -4.02. The summed E-state index contributed by atoms with van der Waals surface area (Å²) in [6.45, 7) is 4.74. The van der Waals surface area contributed by atoms with Crippen molar-refractivity contribution in [2.45, 2.75) is 18.7 Å². The van der Waals surface area contributed by atoms with Crippen LogP contribution in [0, 0.1) is 6.92 Å². The number of rotatable bonds is 6. The van der Waals surface area contributed by atoms with Gasteiger partial charge in [0.05, 0.1) is 11.6 Å². The number of nitrogens with zero attached hydrogens (tertiary/aromatic N) is 1. The number of carbonyl (C=O) groups excluding carboxylic acids is 1. The monoisotopic (exact) mass is 353 g/mol. The van der Waals surface area contributed by atoms with Crippen LogP contribution in [0.4, 0.5) is 0 Å². The molecule has 8 heteroatoms. The first-order valence-electron chi connectivity index (χ1n) is 6.25. The summed E-state index contributed by atoms with van der Waals surface area (Å²) in [6, 6.07) is 2.75. The molecule has 0 spiro atoms. The first-order valence-corrected chi connectivity index (χ1v) is 8.94. The quantitative estimate of drug-likeness (QED) is 0.737. The zero-order valence-electron chi connectivity index (χ0n) is 12.0.